The second kappa shape index (κ2) is 13.5. The van der Waals surface area contributed by atoms with Crippen molar-refractivity contribution in [2.24, 2.45) is 5.92 Å². The number of carboxylic acid groups (broad SMARTS) is 1. The first kappa shape index (κ1) is 32.5. The van der Waals surface area contributed by atoms with Gasteiger partial charge in [0.25, 0.3) is 0 Å². The first-order chi connectivity index (χ1) is 19.7. The standard InChI is InChI=1S/C32H38Cl2N2O5S/c1-32(2,18-22-14-24-6-4-5-7-25(24)15-22)35-19-27(37)20-36(3)42(40,41)31-28(33)16-26(17-29(31)34)23-11-8-21(9-12-23)10-13-30(38)39/h4-9,11-12,16-17,22,27,35,37H,10,13-15,18-20H2,1-3H3,(H,38,39). The van der Waals surface area contributed by atoms with E-state index in [2.05, 4.69) is 43.4 Å². The number of carboxylic acids is 1. The first-order valence-electron chi connectivity index (χ1n) is 14.0. The number of likely N-dealkylation sites (N-methyl/N-ethyl adjacent to an activating group) is 1. The Morgan fingerprint density at radius 3 is 2.14 bits per heavy atom. The lowest BCUT2D eigenvalue weighted by Gasteiger charge is -2.31. The Kier molecular flexibility index (Phi) is 10.4. The van der Waals surface area contributed by atoms with Crippen LogP contribution in [0.4, 0.5) is 0 Å². The van der Waals surface area contributed by atoms with Gasteiger partial charge < -0.3 is 15.5 Å². The molecule has 0 heterocycles. The number of aliphatic hydroxyl groups is 1. The highest BCUT2D eigenvalue weighted by Crippen LogP contribution is 2.36. The highest BCUT2D eigenvalue weighted by atomic mass is 35.5. The van der Waals surface area contributed by atoms with E-state index in [-0.39, 0.29) is 40.0 Å². The van der Waals surface area contributed by atoms with Gasteiger partial charge in [-0.15, -0.1) is 0 Å². The lowest BCUT2D eigenvalue weighted by molar-refractivity contribution is -0.136. The van der Waals surface area contributed by atoms with Crippen LogP contribution in [0, 0.1) is 5.92 Å². The molecule has 0 amide bonds. The molecule has 4 rings (SSSR count). The molecule has 0 saturated heterocycles. The maximum Gasteiger partial charge on any atom is 0.303 e. The third-order valence-electron chi connectivity index (χ3n) is 7.80. The Hall–Kier alpha value is -2.46. The summed E-state index contributed by atoms with van der Waals surface area (Å²) >= 11 is 12.9. The SMILES string of the molecule is CN(CC(O)CNC(C)(C)CC1Cc2ccccc2C1)S(=O)(=O)c1c(Cl)cc(-c2ccc(CCC(=O)O)cc2)cc1Cl. The number of benzene rings is 3. The lowest BCUT2D eigenvalue weighted by Crippen LogP contribution is -2.47. The van der Waals surface area contributed by atoms with Crippen molar-refractivity contribution >= 4 is 39.2 Å². The summed E-state index contributed by atoms with van der Waals surface area (Å²) in [6.45, 7) is 4.31. The normalized spacial score (nSPS) is 14.7. The minimum atomic E-state index is -4.09. The minimum absolute atomic E-state index is 0.0226. The first-order valence-corrected chi connectivity index (χ1v) is 16.2. The Morgan fingerprint density at radius 2 is 1.60 bits per heavy atom. The maximum atomic E-state index is 13.4. The van der Waals surface area contributed by atoms with Gasteiger partial charge >= 0.3 is 5.97 Å². The van der Waals surface area contributed by atoms with Crippen molar-refractivity contribution in [3.05, 3.63) is 87.4 Å². The molecule has 1 aliphatic rings. The molecule has 0 fully saturated rings. The number of aryl methyl sites for hydroxylation is 1. The molecule has 1 unspecified atom stereocenters. The van der Waals surface area contributed by atoms with Crippen LogP contribution in [0.1, 0.15) is 43.4 Å². The zero-order chi connectivity index (χ0) is 30.7. The third kappa shape index (κ3) is 8.13. The van der Waals surface area contributed by atoms with Crippen LogP contribution in [-0.2, 0) is 34.1 Å². The summed E-state index contributed by atoms with van der Waals surface area (Å²) in [5, 5.41) is 23.0. The summed E-state index contributed by atoms with van der Waals surface area (Å²) in [5.74, 6) is -0.342. The molecule has 226 valence electrons. The fourth-order valence-electron chi connectivity index (χ4n) is 5.69. The van der Waals surface area contributed by atoms with Crippen molar-refractivity contribution in [2.45, 2.75) is 62.5 Å². The molecule has 1 aliphatic carbocycles. The van der Waals surface area contributed by atoms with Crippen LogP contribution < -0.4 is 5.32 Å². The number of fused-ring (bicyclic) bond motifs is 1. The summed E-state index contributed by atoms with van der Waals surface area (Å²) in [4.78, 5) is 10.6. The van der Waals surface area contributed by atoms with Gasteiger partial charge in [-0.2, -0.15) is 4.31 Å². The van der Waals surface area contributed by atoms with Crippen molar-refractivity contribution in [3.63, 3.8) is 0 Å². The molecule has 3 aromatic carbocycles. The second-order valence-electron chi connectivity index (χ2n) is 11.8. The van der Waals surface area contributed by atoms with Gasteiger partial charge in [0, 0.05) is 32.1 Å². The van der Waals surface area contributed by atoms with E-state index < -0.39 is 22.1 Å². The van der Waals surface area contributed by atoms with E-state index >= 15 is 0 Å². The number of aliphatic carboxylic acids is 1. The zero-order valence-corrected chi connectivity index (χ0v) is 26.4. The Morgan fingerprint density at radius 1 is 1.02 bits per heavy atom. The maximum absolute atomic E-state index is 13.4. The van der Waals surface area contributed by atoms with Crippen LogP contribution in [0.2, 0.25) is 10.0 Å². The van der Waals surface area contributed by atoms with E-state index in [0.717, 1.165) is 34.7 Å². The fourth-order valence-corrected chi connectivity index (χ4v) is 8.05. The summed E-state index contributed by atoms with van der Waals surface area (Å²) in [5.41, 5.74) is 4.85. The molecule has 0 saturated carbocycles. The number of nitrogens with zero attached hydrogens (tertiary/aromatic N) is 1. The molecule has 10 heteroatoms. The smallest absolute Gasteiger partial charge is 0.303 e. The van der Waals surface area contributed by atoms with Crippen molar-refractivity contribution in [2.75, 3.05) is 20.1 Å². The summed E-state index contributed by atoms with van der Waals surface area (Å²) in [6.07, 6.45) is 2.53. The zero-order valence-electron chi connectivity index (χ0n) is 24.1. The molecule has 0 spiro atoms. The molecule has 42 heavy (non-hydrogen) atoms. The number of hydrogen-bond acceptors (Lipinski definition) is 5. The Labute approximate surface area is 258 Å². The topological polar surface area (TPSA) is 107 Å². The predicted molar refractivity (Wildman–Crippen MR) is 168 cm³/mol. The number of nitrogens with one attached hydrogen (secondary N) is 1. The second-order valence-corrected chi connectivity index (χ2v) is 14.6. The van der Waals surface area contributed by atoms with Crippen molar-refractivity contribution in [1.82, 2.24) is 9.62 Å². The fraction of sp³-hybridized carbons (Fsp3) is 0.406. The number of carbonyl (C=O) groups is 1. The Bertz CT molecular complexity index is 1480. The molecular weight excluding hydrogens is 595 g/mol. The van der Waals surface area contributed by atoms with Gasteiger partial charge in [-0.3, -0.25) is 4.79 Å². The van der Waals surface area contributed by atoms with Crippen molar-refractivity contribution < 1.29 is 23.4 Å². The van der Waals surface area contributed by atoms with Crippen molar-refractivity contribution in [3.8, 4) is 11.1 Å². The minimum Gasteiger partial charge on any atom is -0.481 e. The van der Waals surface area contributed by atoms with Crippen LogP contribution >= 0.6 is 23.2 Å². The van der Waals surface area contributed by atoms with Crippen LogP contribution in [0.3, 0.4) is 0 Å². The molecule has 0 aromatic heterocycles. The largest absolute Gasteiger partial charge is 0.481 e. The molecular formula is C32H38Cl2N2O5S. The van der Waals surface area contributed by atoms with E-state index in [1.165, 1.54) is 18.2 Å². The average Bonchev–Trinajstić information content (AvgIpc) is 3.32. The van der Waals surface area contributed by atoms with Gasteiger partial charge in [0.1, 0.15) is 4.90 Å². The van der Waals surface area contributed by atoms with Gasteiger partial charge in [-0.05, 0) is 85.4 Å². The molecule has 0 radical (unpaired) electrons. The highest BCUT2D eigenvalue weighted by Gasteiger charge is 2.31. The third-order valence-corrected chi connectivity index (χ3v) is 10.5. The van der Waals surface area contributed by atoms with E-state index in [0.29, 0.717) is 17.9 Å². The monoisotopic (exact) mass is 632 g/mol. The Balaban J connectivity index is 1.36. The average molecular weight is 634 g/mol. The molecule has 7 nitrogen and oxygen atoms in total. The number of hydrogen-bond donors (Lipinski definition) is 3. The highest BCUT2D eigenvalue weighted by molar-refractivity contribution is 7.89. The van der Waals surface area contributed by atoms with Gasteiger partial charge in [0.05, 0.1) is 16.1 Å². The van der Waals surface area contributed by atoms with E-state index in [1.54, 1.807) is 12.1 Å². The number of aliphatic hydroxyl groups excluding tert-OH is 1. The number of rotatable bonds is 13. The summed E-state index contributed by atoms with van der Waals surface area (Å²) < 4.78 is 28.0. The number of β-amino-alcohol motifs (C(OH)–C–C–N with tert-alkyl or cyclic N) is 1. The van der Waals surface area contributed by atoms with Crippen LogP contribution in [0.25, 0.3) is 11.1 Å². The number of halogens is 2. The predicted octanol–water partition coefficient (Wildman–Crippen LogP) is 5.83. The van der Waals surface area contributed by atoms with E-state index in [9.17, 15) is 18.3 Å². The summed E-state index contributed by atoms with van der Waals surface area (Å²) in [7, 11) is -2.69. The quantitative estimate of drug-likeness (QED) is 0.219. The summed E-state index contributed by atoms with van der Waals surface area (Å²) in [6, 6.07) is 18.9. The van der Waals surface area contributed by atoms with Crippen LogP contribution in [0.15, 0.2) is 65.6 Å². The van der Waals surface area contributed by atoms with Crippen LogP contribution in [-0.4, -0.2) is 60.7 Å². The van der Waals surface area contributed by atoms with Gasteiger partial charge in [0.2, 0.25) is 10.0 Å². The lowest BCUT2D eigenvalue weighted by atomic mass is 9.88. The molecule has 1 atom stereocenters. The van der Waals surface area contributed by atoms with Crippen LogP contribution in [0.5, 0.6) is 0 Å². The molecule has 3 N–H and O–H groups in total. The van der Waals surface area contributed by atoms with Gasteiger partial charge in [-0.1, -0.05) is 71.7 Å². The molecule has 3 aromatic rings. The van der Waals surface area contributed by atoms with Gasteiger partial charge in [-0.25, -0.2) is 8.42 Å². The van der Waals surface area contributed by atoms with E-state index in [4.69, 9.17) is 28.3 Å². The van der Waals surface area contributed by atoms with E-state index in [1.807, 2.05) is 24.3 Å². The van der Waals surface area contributed by atoms with Crippen molar-refractivity contribution in [1.29, 1.82) is 0 Å². The molecule has 0 bridgehead atoms. The molecule has 0 aliphatic heterocycles. The van der Waals surface area contributed by atoms with Gasteiger partial charge in [0.15, 0.2) is 0 Å². The number of sulfonamides is 1.